The molecule has 0 saturated heterocycles. The van der Waals surface area contributed by atoms with Crippen molar-refractivity contribution in [2.45, 2.75) is 17.8 Å². The summed E-state index contributed by atoms with van der Waals surface area (Å²) < 4.78 is 25.9. The fraction of sp³-hybridized carbons (Fsp3) is 0.0909. The van der Waals surface area contributed by atoms with Crippen LogP contribution in [-0.4, -0.2) is 24.9 Å². The predicted molar refractivity (Wildman–Crippen MR) is 113 cm³/mol. The smallest absolute Gasteiger partial charge is 0.237 e. The molecule has 31 heavy (non-hydrogen) atoms. The van der Waals surface area contributed by atoms with Gasteiger partial charge in [-0.05, 0) is 49.4 Å². The molecule has 0 fully saturated rings. The number of hydrogen-bond donors (Lipinski definition) is 0. The average molecular weight is 433 g/mol. The zero-order chi connectivity index (χ0) is 21.2. The van der Waals surface area contributed by atoms with Crippen molar-refractivity contribution in [3.05, 3.63) is 84.4 Å². The van der Waals surface area contributed by atoms with Gasteiger partial charge in [0.25, 0.3) is 0 Å². The van der Waals surface area contributed by atoms with Gasteiger partial charge >= 0.3 is 0 Å². The van der Waals surface area contributed by atoms with E-state index in [1.54, 1.807) is 18.4 Å². The van der Waals surface area contributed by atoms with Crippen LogP contribution < -0.4 is 0 Å². The van der Waals surface area contributed by atoms with Crippen LogP contribution in [0.2, 0.25) is 0 Å². The highest BCUT2D eigenvalue weighted by atomic mass is 32.2. The number of benzene rings is 2. The van der Waals surface area contributed by atoms with Crippen molar-refractivity contribution in [1.82, 2.24) is 24.9 Å². The Morgan fingerprint density at radius 2 is 1.81 bits per heavy atom. The van der Waals surface area contributed by atoms with Gasteiger partial charge in [-0.3, -0.25) is 4.57 Å². The highest BCUT2D eigenvalue weighted by molar-refractivity contribution is 7.98. The van der Waals surface area contributed by atoms with Gasteiger partial charge in [0.15, 0.2) is 11.0 Å². The molecule has 5 aromatic rings. The summed E-state index contributed by atoms with van der Waals surface area (Å²) in [5, 5.41) is 13.5. The van der Waals surface area contributed by atoms with Crippen LogP contribution in [0.5, 0.6) is 0 Å². The molecule has 0 spiro atoms. The van der Waals surface area contributed by atoms with Crippen LogP contribution in [0.15, 0.2) is 81.0 Å². The summed E-state index contributed by atoms with van der Waals surface area (Å²) in [4.78, 5) is 4.40. The molecular weight excluding hydrogens is 417 g/mol. The van der Waals surface area contributed by atoms with Gasteiger partial charge in [0.2, 0.25) is 11.7 Å². The Morgan fingerprint density at radius 3 is 2.55 bits per heavy atom. The van der Waals surface area contributed by atoms with E-state index >= 15 is 0 Å². The molecule has 0 aliphatic rings. The summed E-state index contributed by atoms with van der Waals surface area (Å²) in [5.41, 5.74) is 2.49. The first-order chi connectivity index (χ1) is 15.2. The summed E-state index contributed by atoms with van der Waals surface area (Å²) in [6.45, 7) is 1.89. The Hall–Kier alpha value is -3.72. The lowest BCUT2D eigenvalue weighted by Crippen LogP contribution is -1.99. The Labute approximate surface area is 180 Å². The molecule has 2 aromatic carbocycles. The maximum Gasteiger partial charge on any atom is 0.237 e. The molecule has 5 rings (SSSR count). The quantitative estimate of drug-likeness (QED) is 0.335. The van der Waals surface area contributed by atoms with Crippen molar-refractivity contribution in [3.63, 3.8) is 0 Å². The van der Waals surface area contributed by atoms with Gasteiger partial charge in [0, 0.05) is 11.3 Å². The summed E-state index contributed by atoms with van der Waals surface area (Å²) in [5.74, 6) is 2.40. The van der Waals surface area contributed by atoms with Crippen molar-refractivity contribution >= 4 is 11.8 Å². The number of aromatic nitrogens is 5. The van der Waals surface area contributed by atoms with Gasteiger partial charge in [0.1, 0.15) is 11.6 Å². The first-order valence-corrected chi connectivity index (χ1v) is 10.4. The van der Waals surface area contributed by atoms with E-state index in [4.69, 9.17) is 8.94 Å². The molecule has 9 heteroatoms. The van der Waals surface area contributed by atoms with Crippen molar-refractivity contribution in [3.8, 4) is 28.5 Å². The Kier molecular flexibility index (Phi) is 5.09. The van der Waals surface area contributed by atoms with Crippen LogP contribution in [0, 0.1) is 12.7 Å². The van der Waals surface area contributed by atoms with E-state index in [0.29, 0.717) is 34.0 Å². The van der Waals surface area contributed by atoms with Crippen molar-refractivity contribution in [2.75, 3.05) is 0 Å². The van der Waals surface area contributed by atoms with E-state index < -0.39 is 0 Å². The summed E-state index contributed by atoms with van der Waals surface area (Å²) >= 11 is 1.43. The van der Waals surface area contributed by atoms with Crippen LogP contribution >= 0.6 is 11.8 Å². The van der Waals surface area contributed by atoms with E-state index in [2.05, 4.69) is 20.3 Å². The summed E-state index contributed by atoms with van der Waals surface area (Å²) in [6.07, 6.45) is 1.64. The highest BCUT2D eigenvalue weighted by Gasteiger charge is 2.20. The number of nitrogens with zero attached hydrogens (tertiary/aromatic N) is 5. The van der Waals surface area contributed by atoms with E-state index in [1.807, 2.05) is 47.9 Å². The van der Waals surface area contributed by atoms with Gasteiger partial charge in [-0.2, -0.15) is 4.98 Å². The third-order valence-electron chi connectivity index (χ3n) is 4.64. The Morgan fingerprint density at radius 1 is 1.00 bits per heavy atom. The zero-order valence-electron chi connectivity index (χ0n) is 16.4. The topological polar surface area (TPSA) is 82.8 Å². The predicted octanol–water partition coefficient (Wildman–Crippen LogP) is 5.32. The average Bonchev–Trinajstić information content (AvgIpc) is 3.53. The van der Waals surface area contributed by atoms with Gasteiger partial charge in [-0.15, -0.1) is 10.2 Å². The monoisotopic (exact) mass is 433 g/mol. The second kappa shape index (κ2) is 8.19. The largest absolute Gasteiger partial charge is 0.469 e. The first-order valence-electron chi connectivity index (χ1n) is 9.45. The summed E-state index contributed by atoms with van der Waals surface area (Å²) in [6, 6.07) is 17.7. The third kappa shape index (κ3) is 3.87. The van der Waals surface area contributed by atoms with Crippen molar-refractivity contribution in [1.29, 1.82) is 0 Å². The summed E-state index contributed by atoms with van der Waals surface area (Å²) in [7, 11) is 0. The fourth-order valence-electron chi connectivity index (χ4n) is 3.12. The van der Waals surface area contributed by atoms with Gasteiger partial charge in [-0.1, -0.05) is 35.1 Å². The molecule has 0 bridgehead atoms. The minimum absolute atomic E-state index is 0.313. The third-order valence-corrected chi connectivity index (χ3v) is 5.56. The van der Waals surface area contributed by atoms with Gasteiger partial charge < -0.3 is 8.94 Å². The van der Waals surface area contributed by atoms with Crippen LogP contribution in [0.4, 0.5) is 4.39 Å². The van der Waals surface area contributed by atoms with E-state index in [9.17, 15) is 4.39 Å². The molecule has 7 nitrogen and oxygen atoms in total. The van der Waals surface area contributed by atoms with E-state index in [0.717, 1.165) is 17.0 Å². The molecule has 0 radical (unpaired) electrons. The Bertz CT molecular complexity index is 1310. The lowest BCUT2D eigenvalue weighted by molar-refractivity contribution is 0.391. The first kappa shape index (κ1) is 19.3. The molecule has 0 aliphatic heterocycles. The molecule has 0 aliphatic carbocycles. The minimum Gasteiger partial charge on any atom is -0.469 e. The Balaban J connectivity index is 1.43. The number of furan rings is 1. The maximum absolute atomic E-state index is 13.1. The number of aryl methyl sites for hydroxylation is 1. The molecule has 3 heterocycles. The second-order valence-corrected chi connectivity index (χ2v) is 7.62. The lowest BCUT2D eigenvalue weighted by atomic mass is 10.2. The number of thioether (sulfide) groups is 1. The minimum atomic E-state index is -0.313. The normalized spacial score (nSPS) is 11.2. The molecule has 0 atom stereocenters. The standard InChI is InChI=1S/C22H16FN5O2S/c1-14-18(11-12-29-14)21-25-26-22(28(21)17-5-3-2-4-6-17)31-13-19-24-20(27-30-19)15-7-9-16(23)10-8-15/h2-12H,13H2,1H3. The molecule has 154 valence electrons. The van der Waals surface area contributed by atoms with Gasteiger partial charge in [0.05, 0.1) is 17.6 Å². The van der Waals surface area contributed by atoms with Crippen molar-refractivity contribution < 1.29 is 13.3 Å². The highest BCUT2D eigenvalue weighted by Crippen LogP contribution is 2.31. The molecule has 0 N–H and O–H groups in total. The van der Waals surface area contributed by atoms with Crippen LogP contribution in [0.1, 0.15) is 11.7 Å². The zero-order valence-corrected chi connectivity index (χ0v) is 17.2. The van der Waals surface area contributed by atoms with Gasteiger partial charge in [-0.25, -0.2) is 4.39 Å². The number of para-hydroxylation sites is 1. The molecule has 0 unspecified atom stereocenters. The lowest BCUT2D eigenvalue weighted by Gasteiger charge is -2.09. The molecule has 0 saturated carbocycles. The fourth-order valence-corrected chi connectivity index (χ4v) is 3.91. The maximum atomic E-state index is 13.1. The molecule has 3 aromatic heterocycles. The number of hydrogen-bond acceptors (Lipinski definition) is 7. The van der Waals surface area contributed by atoms with E-state index in [-0.39, 0.29) is 5.82 Å². The SMILES string of the molecule is Cc1occc1-c1nnc(SCc2nc(-c3ccc(F)cc3)no2)n1-c1ccccc1. The van der Waals surface area contributed by atoms with Crippen LogP contribution in [-0.2, 0) is 5.75 Å². The second-order valence-electron chi connectivity index (χ2n) is 6.67. The number of halogens is 1. The molecule has 0 amide bonds. The van der Waals surface area contributed by atoms with Crippen LogP contribution in [0.25, 0.3) is 28.5 Å². The van der Waals surface area contributed by atoms with Crippen molar-refractivity contribution in [2.24, 2.45) is 0 Å². The van der Waals surface area contributed by atoms with Crippen LogP contribution in [0.3, 0.4) is 0 Å². The number of rotatable bonds is 6. The molecular formula is C22H16FN5O2S. The van der Waals surface area contributed by atoms with E-state index in [1.165, 1.54) is 23.9 Å².